The van der Waals surface area contributed by atoms with E-state index in [1.807, 2.05) is 54.6 Å². The van der Waals surface area contributed by atoms with Crippen LogP contribution in [0.5, 0.6) is 5.75 Å². The summed E-state index contributed by atoms with van der Waals surface area (Å²) in [5, 5.41) is 5.07. The molecule has 0 fully saturated rings. The summed E-state index contributed by atoms with van der Waals surface area (Å²) in [6, 6.07) is 17.4. The van der Waals surface area contributed by atoms with Crippen LogP contribution in [-0.4, -0.2) is 18.1 Å². The van der Waals surface area contributed by atoms with Gasteiger partial charge in [-0.2, -0.15) is 0 Å². The minimum Gasteiger partial charge on any atom is -0.497 e. The molecule has 25 heavy (non-hydrogen) atoms. The molecule has 0 aliphatic heterocycles. The van der Waals surface area contributed by atoms with Crippen molar-refractivity contribution in [3.63, 3.8) is 0 Å². The molecule has 0 aliphatic carbocycles. The molecule has 130 valence electrons. The first-order valence-electron chi connectivity index (χ1n) is 7.52. The first-order chi connectivity index (χ1) is 12.2. The zero-order valence-electron chi connectivity index (χ0n) is 13.7. The lowest BCUT2D eigenvalue weighted by Crippen LogP contribution is -2.45. The van der Waals surface area contributed by atoms with E-state index in [9.17, 15) is 4.79 Å². The predicted molar refractivity (Wildman–Crippen MR) is 105 cm³/mol. The second-order valence-corrected chi connectivity index (χ2v) is 6.27. The van der Waals surface area contributed by atoms with Gasteiger partial charge < -0.3 is 10.1 Å². The summed E-state index contributed by atoms with van der Waals surface area (Å²) < 4.78 is 5.11. The number of ether oxygens (including phenoxy) is 1. The number of thiocarbonyl (C=S) groups is 1. The molecule has 1 amide bonds. The summed E-state index contributed by atoms with van der Waals surface area (Å²) in [5.74, 6) is 0.522. The first-order valence-corrected chi connectivity index (χ1v) is 8.81. The second-order valence-electron chi connectivity index (χ2n) is 4.88. The lowest BCUT2D eigenvalue weighted by atomic mass is 10.2. The molecule has 0 unspecified atom stereocenters. The molecular weight excluding hydrogens is 354 g/mol. The Morgan fingerprint density at radius 3 is 2.52 bits per heavy atom. The second kappa shape index (κ2) is 10.4. The van der Waals surface area contributed by atoms with Crippen LogP contribution in [0.3, 0.4) is 0 Å². The first kappa shape index (κ1) is 18.8. The Balaban J connectivity index is 1.65. The van der Waals surface area contributed by atoms with Gasteiger partial charge in [0.25, 0.3) is 5.91 Å². The van der Waals surface area contributed by atoms with E-state index < -0.39 is 0 Å². The van der Waals surface area contributed by atoms with Gasteiger partial charge in [-0.1, -0.05) is 42.1 Å². The Hall–Kier alpha value is -2.51. The Labute approximate surface area is 156 Å². The van der Waals surface area contributed by atoms with Crippen molar-refractivity contribution in [3.8, 4) is 5.75 Å². The van der Waals surface area contributed by atoms with Crippen LogP contribution >= 0.6 is 24.0 Å². The molecule has 0 saturated heterocycles. The smallest absolute Gasteiger partial charge is 0.262 e. The van der Waals surface area contributed by atoms with E-state index in [1.54, 1.807) is 12.5 Å². The van der Waals surface area contributed by atoms with E-state index in [2.05, 4.69) is 16.2 Å². The highest BCUT2D eigenvalue weighted by atomic mass is 32.2. The standard InChI is InChI=1S/C18H19N3O2S2/c1-23-15-9-7-14(8-10-15)13-19-18(24)21-20-17(22)11-12-25-16-5-3-2-4-6-16/h2-12H,13H2,1H3,(H,20,22)(H2,19,21,24)/b12-11+. The average Bonchev–Trinajstić information content (AvgIpc) is 2.66. The van der Waals surface area contributed by atoms with Crippen molar-refractivity contribution in [2.75, 3.05) is 7.11 Å². The number of benzene rings is 2. The van der Waals surface area contributed by atoms with Crippen LogP contribution in [-0.2, 0) is 11.3 Å². The van der Waals surface area contributed by atoms with Crippen molar-refractivity contribution < 1.29 is 9.53 Å². The van der Waals surface area contributed by atoms with Gasteiger partial charge in [0.15, 0.2) is 5.11 Å². The molecule has 0 aromatic heterocycles. The minimum absolute atomic E-state index is 0.281. The van der Waals surface area contributed by atoms with Crippen LogP contribution in [0.15, 0.2) is 71.0 Å². The number of nitrogens with one attached hydrogen (secondary N) is 3. The molecule has 0 heterocycles. The number of thioether (sulfide) groups is 1. The van der Waals surface area contributed by atoms with Gasteiger partial charge in [-0.3, -0.25) is 15.6 Å². The van der Waals surface area contributed by atoms with Gasteiger partial charge in [0.1, 0.15) is 5.75 Å². The normalized spacial score (nSPS) is 10.3. The third-order valence-corrected chi connectivity index (χ3v) is 4.14. The zero-order valence-corrected chi connectivity index (χ0v) is 15.3. The van der Waals surface area contributed by atoms with Crippen molar-refractivity contribution >= 4 is 35.0 Å². The Morgan fingerprint density at radius 2 is 1.84 bits per heavy atom. The topological polar surface area (TPSA) is 62.4 Å². The third kappa shape index (κ3) is 7.28. The molecule has 0 spiro atoms. The fourth-order valence-electron chi connectivity index (χ4n) is 1.80. The van der Waals surface area contributed by atoms with Crippen molar-refractivity contribution in [1.29, 1.82) is 0 Å². The molecule has 0 radical (unpaired) electrons. The average molecular weight is 374 g/mol. The number of rotatable bonds is 6. The van der Waals surface area contributed by atoms with Gasteiger partial charge in [-0.25, -0.2) is 0 Å². The van der Waals surface area contributed by atoms with E-state index in [0.717, 1.165) is 16.2 Å². The molecule has 2 rings (SSSR count). The molecule has 2 aromatic carbocycles. The van der Waals surface area contributed by atoms with Crippen LogP contribution in [0.1, 0.15) is 5.56 Å². The van der Waals surface area contributed by atoms with Crippen LogP contribution in [0.4, 0.5) is 0 Å². The monoisotopic (exact) mass is 373 g/mol. The molecule has 0 bridgehead atoms. The molecule has 2 aromatic rings. The Bertz CT molecular complexity index is 719. The summed E-state index contributed by atoms with van der Waals surface area (Å²) in [5.41, 5.74) is 6.22. The van der Waals surface area contributed by atoms with Crippen molar-refractivity contribution in [1.82, 2.24) is 16.2 Å². The summed E-state index contributed by atoms with van der Waals surface area (Å²) in [7, 11) is 1.63. The van der Waals surface area contributed by atoms with E-state index in [0.29, 0.717) is 11.7 Å². The van der Waals surface area contributed by atoms with Gasteiger partial charge in [0.2, 0.25) is 0 Å². The van der Waals surface area contributed by atoms with Crippen LogP contribution < -0.4 is 20.9 Å². The number of carbonyl (C=O) groups excluding carboxylic acids is 1. The zero-order chi connectivity index (χ0) is 17.9. The number of carbonyl (C=O) groups is 1. The summed E-state index contributed by atoms with van der Waals surface area (Å²) in [6.45, 7) is 0.547. The summed E-state index contributed by atoms with van der Waals surface area (Å²) >= 11 is 6.58. The quantitative estimate of drug-likeness (QED) is 0.313. The fraction of sp³-hybridized carbons (Fsp3) is 0.111. The SMILES string of the molecule is COc1ccc(CNC(=S)NNC(=O)/C=C/Sc2ccccc2)cc1. The van der Waals surface area contributed by atoms with Gasteiger partial charge in [-0.15, -0.1) is 0 Å². The van der Waals surface area contributed by atoms with E-state index >= 15 is 0 Å². The van der Waals surface area contributed by atoms with Gasteiger partial charge in [0.05, 0.1) is 7.11 Å². The molecule has 7 heteroatoms. The van der Waals surface area contributed by atoms with Gasteiger partial charge in [0, 0.05) is 17.5 Å². The largest absolute Gasteiger partial charge is 0.497 e. The van der Waals surface area contributed by atoms with Gasteiger partial charge in [-0.05, 0) is 47.5 Å². The molecule has 0 saturated carbocycles. The van der Waals surface area contributed by atoms with Crippen molar-refractivity contribution in [2.45, 2.75) is 11.4 Å². The molecule has 3 N–H and O–H groups in total. The minimum atomic E-state index is -0.281. The maximum Gasteiger partial charge on any atom is 0.262 e. The molecular formula is C18H19N3O2S2. The highest BCUT2D eigenvalue weighted by Crippen LogP contribution is 2.17. The number of hydrogen-bond donors (Lipinski definition) is 3. The number of hydrazine groups is 1. The molecule has 0 aliphatic rings. The van der Waals surface area contributed by atoms with E-state index in [1.165, 1.54) is 17.8 Å². The summed E-state index contributed by atoms with van der Waals surface area (Å²) in [6.07, 6.45) is 1.44. The van der Waals surface area contributed by atoms with Crippen LogP contribution in [0.2, 0.25) is 0 Å². The lowest BCUT2D eigenvalue weighted by molar-refractivity contribution is -0.117. The van der Waals surface area contributed by atoms with Crippen LogP contribution in [0.25, 0.3) is 0 Å². The number of amides is 1. The highest BCUT2D eigenvalue weighted by Gasteiger charge is 1.99. The van der Waals surface area contributed by atoms with E-state index in [4.69, 9.17) is 17.0 Å². The maximum atomic E-state index is 11.7. The van der Waals surface area contributed by atoms with E-state index in [-0.39, 0.29) is 5.91 Å². The maximum absolute atomic E-state index is 11.7. The Kier molecular flexibility index (Phi) is 7.81. The third-order valence-electron chi connectivity index (χ3n) is 3.08. The number of hydrogen-bond acceptors (Lipinski definition) is 4. The predicted octanol–water partition coefficient (Wildman–Crippen LogP) is 3.00. The number of methoxy groups -OCH3 is 1. The van der Waals surface area contributed by atoms with Crippen LogP contribution in [0, 0.1) is 0 Å². The van der Waals surface area contributed by atoms with Gasteiger partial charge >= 0.3 is 0 Å². The fourth-order valence-corrected chi connectivity index (χ4v) is 2.59. The highest BCUT2D eigenvalue weighted by molar-refractivity contribution is 8.02. The van der Waals surface area contributed by atoms with Crippen molar-refractivity contribution in [3.05, 3.63) is 71.6 Å². The molecule has 0 atom stereocenters. The lowest BCUT2D eigenvalue weighted by Gasteiger charge is -2.10. The van der Waals surface area contributed by atoms with Crippen molar-refractivity contribution in [2.24, 2.45) is 0 Å². The Morgan fingerprint density at radius 1 is 1.12 bits per heavy atom. The molecule has 5 nitrogen and oxygen atoms in total. The summed E-state index contributed by atoms with van der Waals surface area (Å²) in [4.78, 5) is 12.8.